The average Bonchev–Trinajstić information content (AvgIpc) is 2.57. The Labute approximate surface area is 105 Å². The van der Waals surface area contributed by atoms with Gasteiger partial charge in [-0.3, -0.25) is 14.8 Å². The van der Waals surface area contributed by atoms with Crippen LogP contribution >= 0.6 is 0 Å². The normalized spacial score (nSPS) is 17.9. The number of ether oxygens (including phenoxy) is 2. The van der Waals surface area contributed by atoms with Gasteiger partial charge < -0.3 is 9.47 Å². The number of rotatable bonds is 4. The van der Waals surface area contributed by atoms with Crippen molar-refractivity contribution in [3.63, 3.8) is 0 Å². The van der Waals surface area contributed by atoms with Crippen LogP contribution in [0, 0.1) is 10.1 Å². The third-order valence-electron chi connectivity index (χ3n) is 2.62. The van der Waals surface area contributed by atoms with E-state index in [0.29, 0.717) is 13.2 Å². The molecule has 0 saturated carbocycles. The van der Waals surface area contributed by atoms with Crippen molar-refractivity contribution >= 4 is 5.69 Å². The van der Waals surface area contributed by atoms with Crippen LogP contribution in [0.15, 0.2) is 6.20 Å². The molecule has 1 aromatic rings. The van der Waals surface area contributed by atoms with Gasteiger partial charge >= 0.3 is 17.7 Å². The third-order valence-corrected chi connectivity index (χ3v) is 2.62. The van der Waals surface area contributed by atoms with E-state index >= 15 is 0 Å². The fraction of sp³-hybridized carbons (Fsp3) is 0.667. The van der Waals surface area contributed by atoms with Crippen molar-refractivity contribution in [2.24, 2.45) is 0 Å². The molecule has 1 aromatic heterocycles. The SMILES string of the molecule is C[C@@H](Oc1nn(C2COC2)cc1[N+](=O)[O-])C(F)(F)F. The number of hydrogen-bond acceptors (Lipinski definition) is 5. The lowest BCUT2D eigenvalue weighted by molar-refractivity contribution is -0.386. The largest absolute Gasteiger partial charge is 0.459 e. The summed E-state index contributed by atoms with van der Waals surface area (Å²) in [6.45, 7) is 1.38. The second kappa shape index (κ2) is 4.68. The number of halogens is 3. The summed E-state index contributed by atoms with van der Waals surface area (Å²) in [5.74, 6) is -0.637. The third kappa shape index (κ3) is 2.78. The van der Waals surface area contributed by atoms with Crippen LogP contribution in [0.25, 0.3) is 0 Å². The number of nitro groups is 1. The lowest BCUT2D eigenvalue weighted by Gasteiger charge is -2.25. The Bertz CT molecular complexity index is 484. The van der Waals surface area contributed by atoms with Crippen LogP contribution in [0.4, 0.5) is 18.9 Å². The predicted molar refractivity (Wildman–Crippen MR) is 54.9 cm³/mol. The van der Waals surface area contributed by atoms with Crippen LogP contribution in [0.1, 0.15) is 13.0 Å². The Kier molecular flexibility index (Phi) is 3.35. The zero-order valence-corrected chi connectivity index (χ0v) is 9.75. The monoisotopic (exact) mass is 281 g/mol. The van der Waals surface area contributed by atoms with Gasteiger partial charge in [-0.2, -0.15) is 13.2 Å². The van der Waals surface area contributed by atoms with E-state index in [1.54, 1.807) is 0 Å². The van der Waals surface area contributed by atoms with Crippen molar-refractivity contribution in [1.29, 1.82) is 0 Å². The molecule has 0 aliphatic carbocycles. The van der Waals surface area contributed by atoms with Crippen molar-refractivity contribution in [1.82, 2.24) is 9.78 Å². The molecule has 0 spiro atoms. The zero-order valence-electron chi connectivity index (χ0n) is 9.75. The van der Waals surface area contributed by atoms with Crippen LogP contribution < -0.4 is 4.74 Å². The van der Waals surface area contributed by atoms with Gasteiger partial charge in [0.1, 0.15) is 6.20 Å². The molecule has 2 rings (SSSR count). The Morgan fingerprint density at radius 3 is 2.68 bits per heavy atom. The number of alkyl halides is 3. The van der Waals surface area contributed by atoms with Crippen molar-refractivity contribution in [3.05, 3.63) is 16.3 Å². The summed E-state index contributed by atoms with van der Waals surface area (Å²) in [7, 11) is 0. The molecule has 19 heavy (non-hydrogen) atoms. The number of nitrogens with zero attached hydrogens (tertiary/aromatic N) is 3. The minimum Gasteiger partial charge on any atom is -0.459 e. The maximum Gasteiger partial charge on any atom is 0.425 e. The van der Waals surface area contributed by atoms with Gasteiger partial charge in [0.05, 0.1) is 24.2 Å². The molecule has 0 unspecified atom stereocenters. The molecule has 1 aliphatic rings. The van der Waals surface area contributed by atoms with Gasteiger partial charge in [-0.1, -0.05) is 0 Å². The molecule has 1 fully saturated rings. The minimum absolute atomic E-state index is 0.211. The van der Waals surface area contributed by atoms with Crippen molar-refractivity contribution < 1.29 is 27.6 Å². The second-order valence-corrected chi connectivity index (χ2v) is 4.05. The average molecular weight is 281 g/mol. The van der Waals surface area contributed by atoms with E-state index in [9.17, 15) is 23.3 Å². The minimum atomic E-state index is -4.61. The van der Waals surface area contributed by atoms with E-state index in [-0.39, 0.29) is 6.04 Å². The molecule has 0 bridgehead atoms. The van der Waals surface area contributed by atoms with Crippen LogP contribution in [0.5, 0.6) is 5.88 Å². The van der Waals surface area contributed by atoms with Crippen LogP contribution in [0.3, 0.4) is 0 Å². The van der Waals surface area contributed by atoms with Crippen molar-refractivity contribution in [3.8, 4) is 5.88 Å². The summed E-state index contributed by atoms with van der Waals surface area (Å²) >= 11 is 0. The van der Waals surface area contributed by atoms with Crippen LogP contribution in [0.2, 0.25) is 0 Å². The highest BCUT2D eigenvalue weighted by molar-refractivity contribution is 5.38. The van der Waals surface area contributed by atoms with E-state index < -0.39 is 28.8 Å². The molecule has 10 heteroatoms. The molecule has 0 amide bonds. The van der Waals surface area contributed by atoms with Crippen LogP contribution in [-0.4, -0.2) is 40.2 Å². The van der Waals surface area contributed by atoms with E-state index in [4.69, 9.17) is 4.74 Å². The molecule has 0 aromatic carbocycles. The van der Waals surface area contributed by atoms with E-state index in [0.717, 1.165) is 13.1 Å². The highest BCUT2D eigenvalue weighted by Crippen LogP contribution is 2.32. The maximum absolute atomic E-state index is 12.4. The Hall–Kier alpha value is -1.84. The first-order chi connectivity index (χ1) is 8.79. The Balaban J connectivity index is 2.22. The summed E-state index contributed by atoms with van der Waals surface area (Å²) < 4.78 is 47.7. The molecule has 106 valence electrons. The molecule has 1 saturated heterocycles. The summed E-state index contributed by atoms with van der Waals surface area (Å²) in [5.41, 5.74) is -0.594. The van der Waals surface area contributed by atoms with Gasteiger partial charge in [-0.05, 0) is 6.92 Å². The quantitative estimate of drug-likeness (QED) is 0.619. The molecule has 2 heterocycles. The van der Waals surface area contributed by atoms with Gasteiger partial charge in [-0.25, -0.2) is 0 Å². The molecule has 1 atom stereocenters. The van der Waals surface area contributed by atoms with Crippen molar-refractivity contribution in [2.75, 3.05) is 13.2 Å². The first-order valence-electron chi connectivity index (χ1n) is 5.33. The Morgan fingerprint density at radius 1 is 1.63 bits per heavy atom. The summed E-state index contributed by atoms with van der Waals surface area (Å²) in [5, 5.41) is 14.4. The molecule has 7 nitrogen and oxygen atoms in total. The van der Waals surface area contributed by atoms with Crippen LogP contribution in [-0.2, 0) is 4.74 Å². The highest BCUT2D eigenvalue weighted by Gasteiger charge is 2.40. The lowest BCUT2D eigenvalue weighted by Crippen LogP contribution is -2.32. The van der Waals surface area contributed by atoms with E-state index in [1.807, 2.05) is 0 Å². The van der Waals surface area contributed by atoms with Gasteiger partial charge in [0, 0.05) is 0 Å². The molecule has 1 aliphatic heterocycles. The highest BCUT2D eigenvalue weighted by atomic mass is 19.4. The molecule has 0 radical (unpaired) electrons. The summed E-state index contributed by atoms with van der Waals surface area (Å²) in [6, 6.07) is -0.211. The van der Waals surface area contributed by atoms with Gasteiger partial charge in [0.25, 0.3) is 0 Å². The zero-order chi connectivity index (χ0) is 14.2. The number of aromatic nitrogens is 2. The second-order valence-electron chi connectivity index (χ2n) is 4.05. The standard InChI is InChI=1S/C9H10F3N3O4/c1-5(9(10,11)12)19-8-7(15(16)17)2-14(13-8)6-3-18-4-6/h2,5-6H,3-4H2,1H3/t5-/m1/s1. The predicted octanol–water partition coefficient (Wildman–Crippen LogP) is 1.69. The van der Waals surface area contributed by atoms with Gasteiger partial charge in [0.15, 0.2) is 6.10 Å². The van der Waals surface area contributed by atoms with Crippen molar-refractivity contribution in [2.45, 2.75) is 25.2 Å². The fourth-order valence-corrected chi connectivity index (χ4v) is 1.37. The first kappa shape index (κ1) is 13.6. The van der Waals surface area contributed by atoms with Gasteiger partial charge in [-0.15, -0.1) is 5.10 Å². The lowest BCUT2D eigenvalue weighted by atomic mass is 10.3. The van der Waals surface area contributed by atoms with Gasteiger partial charge in [0.2, 0.25) is 0 Å². The first-order valence-corrected chi connectivity index (χ1v) is 5.33. The van der Waals surface area contributed by atoms with E-state index in [2.05, 4.69) is 9.84 Å². The topological polar surface area (TPSA) is 79.4 Å². The fourth-order valence-electron chi connectivity index (χ4n) is 1.37. The maximum atomic E-state index is 12.4. The molecular weight excluding hydrogens is 271 g/mol. The molecule has 0 N–H and O–H groups in total. The number of hydrogen-bond donors (Lipinski definition) is 0. The molecular formula is C9H10F3N3O4. The summed E-state index contributed by atoms with van der Waals surface area (Å²) in [6.07, 6.45) is -5.74. The smallest absolute Gasteiger partial charge is 0.425 e. The Morgan fingerprint density at radius 2 is 2.26 bits per heavy atom. The summed E-state index contributed by atoms with van der Waals surface area (Å²) in [4.78, 5) is 9.92. The van der Waals surface area contributed by atoms with E-state index in [1.165, 1.54) is 4.68 Å².